The summed E-state index contributed by atoms with van der Waals surface area (Å²) in [6.45, 7) is 8.88. The number of nitrogens with one attached hydrogen (secondary N) is 10. The first-order valence-electron chi connectivity index (χ1n) is 29.0. The molecule has 1 fully saturated rings. The molecule has 0 radical (unpaired) electrons. The molecular weight excluding hydrogens is 1140 g/mol. The minimum Gasteiger partial charge on any atom is -0.481 e. The smallest absolute Gasteiger partial charge is 0.305 e. The Morgan fingerprint density at radius 2 is 1.08 bits per heavy atom. The van der Waals surface area contributed by atoms with Gasteiger partial charge in [-0.05, 0) is 54.6 Å². The van der Waals surface area contributed by atoms with Gasteiger partial charge >= 0.3 is 5.97 Å². The van der Waals surface area contributed by atoms with Crippen LogP contribution in [0.5, 0.6) is 0 Å². The summed E-state index contributed by atoms with van der Waals surface area (Å²) in [5.74, 6) is -12.7. The number of carboxylic acid groups (broad SMARTS) is 1. The lowest BCUT2D eigenvalue weighted by Gasteiger charge is -2.30. The SMILES string of the molecule is CC(C)CC(NC(=O)C(Cc1ccccc1)NC(=O)C(CO)NC(=O)C(CC1C=NC=N1)NC(=O)C(NC(=O)C(NC(=O)C(CC(=O)O)NC(=O)C1CCC(=O)N1)C(C)C)C(C)C)C(=O)NC(CCCN=C(N)N)C(=O)NC(Cc1ccccc1)C(N)=O. The van der Waals surface area contributed by atoms with Gasteiger partial charge in [-0.15, -0.1) is 0 Å². The van der Waals surface area contributed by atoms with Crippen molar-refractivity contribution < 1.29 is 67.7 Å². The van der Waals surface area contributed by atoms with E-state index in [9.17, 15) is 67.7 Å². The zero-order chi connectivity index (χ0) is 65.2. The van der Waals surface area contributed by atoms with E-state index in [0.717, 1.165) is 0 Å². The highest BCUT2D eigenvalue weighted by Crippen LogP contribution is 2.15. The highest BCUT2D eigenvalue weighted by atomic mass is 16.4. The van der Waals surface area contributed by atoms with Crippen molar-refractivity contribution in [1.29, 1.82) is 0 Å². The van der Waals surface area contributed by atoms with Gasteiger partial charge in [0.15, 0.2) is 5.96 Å². The van der Waals surface area contributed by atoms with Gasteiger partial charge in [0.25, 0.3) is 0 Å². The number of carboxylic acids is 1. The quantitative estimate of drug-likeness (QED) is 0.0178. The molecular formula is C58H84N16O14. The number of aliphatic carboxylic acids is 1. The number of guanidine groups is 1. The Bertz CT molecular complexity index is 2860. The molecule has 30 nitrogen and oxygen atoms in total. The average molecular weight is 1230 g/mol. The first kappa shape index (κ1) is 71.1. The number of rotatable bonds is 36. The molecule has 1 saturated heterocycles. The second-order valence-corrected chi connectivity index (χ2v) is 22.6. The van der Waals surface area contributed by atoms with Gasteiger partial charge in [0.2, 0.25) is 65.0 Å². The van der Waals surface area contributed by atoms with E-state index >= 15 is 0 Å². The second-order valence-electron chi connectivity index (χ2n) is 22.6. The van der Waals surface area contributed by atoms with E-state index in [2.05, 4.69) is 68.1 Å². The van der Waals surface area contributed by atoms with Crippen molar-refractivity contribution in [2.24, 2.45) is 49.9 Å². The number of amides is 11. The van der Waals surface area contributed by atoms with Gasteiger partial charge in [-0.2, -0.15) is 0 Å². The molecule has 88 heavy (non-hydrogen) atoms. The second kappa shape index (κ2) is 35.3. The summed E-state index contributed by atoms with van der Waals surface area (Å²) in [7, 11) is 0. The van der Waals surface area contributed by atoms with E-state index in [1.165, 1.54) is 12.6 Å². The van der Waals surface area contributed by atoms with E-state index in [-0.39, 0.29) is 69.8 Å². The fraction of sp³-hybridized carbons (Fsp3) is 0.534. The predicted molar refractivity (Wildman–Crippen MR) is 322 cm³/mol. The molecule has 2 aromatic carbocycles. The molecule has 480 valence electrons. The van der Waals surface area contributed by atoms with Gasteiger partial charge < -0.3 is 80.6 Å². The van der Waals surface area contributed by atoms with Crippen LogP contribution < -0.4 is 70.4 Å². The number of hydrogen-bond acceptors (Lipinski definition) is 16. The summed E-state index contributed by atoms with van der Waals surface area (Å²) in [6, 6.07) is 2.38. The number of hydrogen-bond donors (Lipinski definition) is 15. The number of nitrogens with zero attached hydrogens (tertiary/aromatic N) is 3. The Kier molecular flexibility index (Phi) is 28.6. The number of nitrogens with two attached hydrogens (primary N) is 3. The maximum Gasteiger partial charge on any atom is 0.305 e. The molecule has 30 heteroatoms. The Hall–Kier alpha value is -9.35. The van der Waals surface area contributed by atoms with Crippen molar-refractivity contribution in [3.8, 4) is 0 Å². The van der Waals surface area contributed by atoms with Crippen LogP contribution in [0, 0.1) is 17.8 Å². The summed E-state index contributed by atoms with van der Waals surface area (Å²) in [5, 5.41) is 45.7. The molecule has 4 rings (SSSR count). The molecule has 0 saturated carbocycles. The van der Waals surface area contributed by atoms with Crippen LogP contribution in [0.1, 0.15) is 97.6 Å². The van der Waals surface area contributed by atoms with Crippen molar-refractivity contribution in [1.82, 2.24) is 53.2 Å². The molecule has 2 heterocycles. The van der Waals surface area contributed by atoms with Crippen LogP contribution in [-0.2, 0) is 70.4 Å². The first-order valence-corrected chi connectivity index (χ1v) is 29.0. The van der Waals surface area contributed by atoms with E-state index in [1.807, 2.05) is 0 Å². The molecule has 0 spiro atoms. The standard InChI is InChI=1S/C58H84N16O14/c1-30(2)22-39(51(82)66-36(18-13-21-63-58(60)61)49(80)67-38(48(59)79)23-33-14-9-7-10-15-33)68-52(83)40(24-34-16-11-8-12-17-34)69-55(86)43(28-75)72-53(84)41(25-35-27-62-29-64-35)71-56(87)46(31(3)4)74-57(88)47(32(5)6)73-54(85)42(26-45(77)78)70-50(81)37-19-20-44(76)65-37/h7-12,14-17,27,29-32,35-43,46-47,75H,13,18-26,28H2,1-6H3,(H2,59,79)(H,65,76)(H,66,82)(H,67,80)(H,68,83)(H,69,86)(H,70,81)(H,71,87)(H,72,84)(H,73,85)(H,74,88)(H,77,78)(H4,60,61,63). The monoisotopic (exact) mass is 1230 g/mol. The van der Waals surface area contributed by atoms with Crippen molar-refractivity contribution in [3.63, 3.8) is 0 Å². The van der Waals surface area contributed by atoms with E-state index in [0.29, 0.717) is 11.1 Å². The molecule has 11 atom stereocenters. The van der Waals surface area contributed by atoms with Crippen molar-refractivity contribution in [2.75, 3.05) is 13.2 Å². The molecule has 18 N–H and O–H groups in total. The topological polar surface area (TPSA) is 481 Å². The summed E-state index contributed by atoms with van der Waals surface area (Å²) >= 11 is 0. The number of primary amides is 1. The summed E-state index contributed by atoms with van der Waals surface area (Å²) in [4.78, 5) is 174. The van der Waals surface area contributed by atoms with Gasteiger partial charge in [0.05, 0.1) is 19.1 Å². The van der Waals surface area contributed by atoms with Crippen LogP contribution >= 0.6 is 0 Å². The Labute approximate surface area is 509 Å². The van der Waals surface area contributed by atoms with E-state index in [1.54, 1.807) is 102 Å². The zero-order valence-corrected chi connectivity index (χ0v) is 50.2. The van der Waals surface area contributed by atoms with Crippen molar-refractivity contribution >= 4 is 89.5 Å². The van der Waals surface area contributed by atoms with Gasteiger partial charge in [-0.1, -0.05) is 102 Å². The molecule has 11 amide bonds. The molecule has 11 unspecified atom stereocenters. The molecule has 0 aromatic heterocycles. The Morgan fingerprint density at radius 3 is 1.59 bits per heavy atom. The van der Waals surface area contributed by atoms with Crippen LogP contribution in [0.3, 0.4) is 0 Å². The number of aliphatic hydroxyl groups is 1. The number of benzene rings is 2. The van der Waals surface area contributed by atoms with Crippen molar-refractivity contribution in [2.45, 2.75) is 166 Å². The van der Waals surface area contributed by atoms with Crippen LogP contribution in [-0.4, -0.2) is 179 Å². The predicted octanol–water partition coefficient (Wildman–Crippen LogP) is -3.65. The van der Waals surface area contributed by atoms with Gasteiger partial charge in [0.1, 0.15) is 66.8 Å². The molecule has 0 aliphatic carbocycles. The highest BCUT2D eigenvalue weighted by molar-refractivity contribution is 6.00. The van der Waals surface area contributed by atoms with E-state index in [4.69, 9.17) is 17.2 Å². The number of aliphatic hydroxyl groups excluding tert-OH is 1. The Morgan fingerprint density at radius 1 is 0.602 bits per heavy atom. The molecule has 2 aliphatic heterocycles. The maximum atomic E-state index is 14.5. The molecule has 2 aliphatic rings. The number of carbonyl (C=O) groups excluding carboxylic acids is 11. The van der Waals surface area contributed by atoms with Crippen LogP contribution in [0.4, 0.5) is 0 Å². The third-order valence-corrected chi connectivity index (χ3v) is 14.1. The average Bonchev–Trinajstić information content (AvgIpc) is 2.59. The van der Waals surface area contributed by atoms with Gasteiger partial charge in [-0.3, -0.25) is 67.5 Å². The molecule has 0 bridgehead atoms. The minimum absolute atomic E-state index is 0.0239. The third-order valence-electron chi connectivity index (χ3n) is 14.1. The zero-order valence-electron chi connectivity index (χ0n) is 50.2. The lowest BCUT2D eigenvalue weighted by Crippen LogP contribution is -2.62. The first-order chi connectivity index (χ1) is 41.6. The summed E-state index contributed by atoms with van der Waals surface area (Å²) in [5.41, 5.74) is 18.0. The minimum atomic E-state index is -1.78. The number of aliphatic imine (C=N–C) groups is 3. The third kappa shape index (κ3) is 23.8. The summed E-state index contributed by atoms with van der Waals surface area (Å²) < 4.78 is 0. The number of carbonyl (C=O) groups is 12. The van der Waals surface area contributed by atoms with Gasteiger partial charge in [0, 0.05) is 38.4 Å². The van der Waals surface area contributed by atoms with Crippen LogP contribution in [0.2, 0.25) is 0 Å². The van der Waals surface area contributed by atoms with Crippen LogP contribution in [0.25, 0.3) is 0 Å². The van der Waals surface area contributed by atoms with E-state index < -0.39 is 162 Å². The summed E-state index contributed by atoms with van der Waals surface area (Å²) in [6.07, 6.45) is 1.71. The lowest BCUT2D eigenvalue weighted by molar-refractivity contribution is -0.141. The molecule has 2 aromatic rings. The normalized spacial score (nSPS) is 17.3. The van der Waals surface area contributed by atoms with Gasteiger partial charge in [-0.25, -0.2) is 4.99 Å². The van der Waals surface area contributed by atoms with Crippen LogP contribution in [0.15, 0.2) is 75.6 Å². The largest absolute Gasteiger partial charge is 0.481 e. The van der Waals surface area contributed by atoms with Crippen molar-refractivity contribution in [3.05, 3.63) is 71.8 Å². The highest BCUT2D eigenvalue weighted by Gasteiger charge is 2.38. The fourth-order valence-electron chi connectivity index (χ4n) is 9.35. The fourth-order valence-corrected chi connectivity index (χ4v) is 9.35. The Balaban J connectivity index is 1.55. The maximum absolute atomic E-state index is 14.5. The lowest BCUT2D eigenvalue weighted by atomic mass is 9.98.